The van der Waals surface area contributed by atoms with Crippen molar-refractivity contribution in [2.24, 2.45) is 5.84 Å². The molecule has 0 fully saturated rings. The van der Waals surface area contributed by atoms with Crippen LogP contribution < -0.4 is 11.3 Å². The molecule has 0 saturated heterocycles. The van der Waals surface area contributed by atoms with Crippen LogP contribution >= 0.6 is 0 Å². The Bertz CT molecular complexity index is 112. The van der Waals surface area contributed by atoms with Crippen LogP contribution in [-0.4, -0.2) is 32.5 Å². The van der Waals surface area contributed by atoms with Gasteiger partial charge in [0.25, 0.3) is 0 Å². The molecule has 14 heavy (non-hydrogen) atoms. The van der Waals surface area contributed by atoms with Crippen molar-refractivity contribution in [3.8, 4) is 0 Å². The number of hydrogen-bond acceptors (Lipinski definition) is 4. The van der Waals surface area contributed by atoms with Gasteiger partial charge in [-0.1, -0.05) is 13.8 Å². The van der Waals surface area contributed by atoms with Crippen molar-refractivity contribution in [1.29, 1.82) is 0 Å². The molecule has 0 amide bonds. The third-order valence-corrected chi connectivity index (χ3v) is 1.86. The van der Waals surface area contributed by atoms with Gasteiger partial charge in [0.2, 0.25) is 0 Å². The van der Waals surface area contributed by atoms with Crippen molar-refractivity contribution in [2.45, 2.75) is 39.2 Å². The Hall–Kier alpha value is -0.160. The molecule has 0 spiro atoms. The van der Waals surface area contributed by atoms with E-state index in [1.165, 1.54) is 0 Å². The fraction of sp³-hybridized carbons (Fsp3) is 1.00. The Morgan fingerprint density at radius 1 is 1.07 bits per heavy atom. The van der Waals surface area contributed by atoms with Gasteiger partial charge in [-0.2, -0.15) is 0 Å². The first kappa shape index (κ1) is 13.8. The van der Waals surface area contributed by atoms with Gasteiger partial charge in [0.05, 0.1) is 6.61 Å². The largest absolute Gasteiger partial charge is 0.381 e. The van der Waals surface area contributed by atoms with Crippen molar-refractivity contribution >= 4 is 0 Å². The Labute approximate surface area is 87.1 Å². The van der Waals surface area contributed by atoms with E-state index in [0.29, 0.717) is 6.61 Å². The molecule has 0 saturated carbocycles. The Morgan fingerprint density at radius 3 is 2.29 bits per heavy atom. The summed E-state index contributed by atoms with van der Waals surface area (Å²) in [7, 11) is 0. The standard InChI is InChI=1S/C10H24N2O2/c1-3-6-13-8-5-10(12-11)9-14-7-4-2/h10,12H,3-9,11H2,1-2H3. The quantitative estimate of drug-likeness (QED) is 0.317. The molecule has 86 valence electrons. The van der Waals surface area contributed by atoms with E-state index in [4.69, 9.17) is 15.3 Å². The summed E-state index contributed by atoms with van der Waals surface area (Å²) in [6.07, 6.45) is 3.01. The van der Waals surface area contributed by atoms with Crippen LogP contribution in [-0.2, 0) is 9.47 Å². The van der Waals surface area contributed by atoms with Crippen molar-refractivity contribution in [3.05, 3.63) is 0 Å². The maximum atomic E-state index is 5.39. The zero-order valence-corrected chi connectivity index (χ0v) is 9.42. The lowest BCUT2D eigenvalue weighted by Crippen LogP contribution is -2.39. The summed E-state index contributed by atoms with van der Waals surface area (Å²) in [5, 5.41) is 0. The molecule has 0 rings (SSSR count). The number of nitrogens with two attached hydrogens (primary N) is 1. The van der Waals surface area contributed by atoms with E-state index < -0.39 is 0 Å². The summed E-state index contributed by atoms with van der Waals surface area (Å²) in [5.74, 6) is 5.38. The molecule has 1 atom stereocenters. The van der Waals surface area contributed by atoms with E-state index in [-0.39, 0.29) is 6.04 Å². The van der Waals surface area contributed by atoms with Crippen LogP contribution in [0, 0.1) is 0 Å². The highest BCUT2D eigenvalue weighted by molar-refractivity contribution is 4.61. The smallest absolute Gasteiger partial charge is 0.0633 e. The molecular weight excluding hydrogens is 180 g/mol. The third-order valence-electron chi connectivity index (χ3n) is 1.86. The number of nitrogens with one attached hydrogen (secondary N) is 1. The minimum atomic E-state index is 0.207. The lowest BCUT2D eigenvalue weighted by molar-refractivity contribution is 0.0831. The lowest BCUT2D eigenvalue weighted by Gasteiger charge is -2.15. The van der Waals surface area contributed by atoms with Gasteiger partial charge in [-0.15, -0.1) is 0 Å². The predicted molar refractivity (Wildman–Crippen MR) is 57.9 cm³/mol. The molecule has 0 radical (unpaired) electrons. The first-order valence-electron chi connectivity index (χ1n) is 5.46. The van der Waals surface area contributed by atoms with E-state index in [1.54, 1.807) is 0 Å². The molecule has 0 aromatic rings. The van der Waals surface area contributed by atoms with E-state index in [0.717, 1.165) is 39.1 Å². The molecular formula is C10H24N2O2. The molecule has 0 heterocycles. The highest BCUT2D eigenvalue weighted by Gasteiger charge is 2.05. The predicted octanol–water partition coefficient (Wildman–Crippen LogP) is 1.06. The maximum absolute atomic E-state index is 5.39. The van der Waals surface area contributed by atoms with E-state index in [1.807, 2.05) is 0 Å². The topological polar surface area (TPSA) is 56.5 Å². The van der Waals surface area contributed by atoms with Crippen molar-refractivity contribution in [2.75, 3.05) is 26.4 Å². The number of hydrazine groups is 1. The molecule has 1 unspecified atom stereocenters. The van der Waals surface area contributed by atoms with Gasteiger partial charge in [0.1, 0.15) is 0 Å². The Balaban J connectivity index is 3.28. The van der Waals surface area contributed by atoms with E-state index in [2.05, 4.69) is 19.3 Å². The summed E-state index contributed by atoms with van der Waals surface area (Å²) in [5.41, 5.74) is 2.73. The van der Waals surface area contributed by atoms with Crippen LogP contribution in [0.3, 0.4) is 0 Å². The van der Waals surface area contributed by atoms with E-state index in [9.17, 15) is 0 Å². The fourth-order valence-corrected chi connectivity index (χ4v) is 1.06. The van der Waals surface area contributed by atoms with E-state index >= 15 is 0 Å². The monoisotopic (exact) mass is 204 g/mol. The first-order chi connectivity index (χ1) is 6.85. The SMILES string of the molecule is CCCOCCC(COCCC)NN. The second-order valence-corrected chi connectivity index (χ2v) is 3.34. The van der Waals surface area contributed by atoms with Gasteiger partial charge in [-0.25, -0.2) is 0 Å². The van der Waals surface area contributed by atoms with Gasteiger partial charge in [-0.05, 0) is 19.3 Å². The molecule has 0 aliphatic carbocycles. The minimum Gasteiger partial charge on any atom is -0.381 e. The Kier molecular flexibility index (Phi) is 10.8. The van der Waals surface area contributed by atoms with Crippen LogP contribution in [0.5, 0.6) is 0 Å². The molecule has 0 bridgehead atoms. The normalized spacial score (nSPS) is 13.1. The first-order valence-corrected chi connectivity index (χ1v) is 5.46. The van der Waals surface area contributed by atoms with Crippen molar-refractivity contribution in [1.82, 2.24) is 5.43 Å². The van der Waals surface area contributed by atoms with Gasteiger partial charge >= 0.3 is 0 Å². The summed E-state index contributed by atoms with van der Waals surface area (Å²) in [6, 6.07) is 0.207. The molecule has 0 aromatic heterocycles. The highest BCUT2D eigenvalue weighted by Crippen LogP contribution is 1.94. The zero-order chi connectivity index (χ0) is 10.6. The molecule has 3 N–H and O–H groups in total. The van der Waals surface area contributed by atoms with Crippen LogP contribution in [0.4, 0.5) is 0 Å². The van der Waals surface area contributed by atoms with Gasteiger partial charge < -0.3 is 9.47 Å². The maximum Gasteiger partial charge on any atom is 0.0633 e. The number of ether oxygens (including phenoxy) is 2. The summed E-state index contributed by atoms with van der Waals surface area (Å²) in [4.78, 5) is 0. The molecule has 0 aliphatic heterocycles. The summed E-state index contributed by atoms with van der Waals surface area (Å²) >= 11 is 0. The highest BCUT2D eigenvalue weighted by atomic mass is 16.5. The number of hydrogen-bond donors (Lipinski definition) is 2. The number of rotatable bonds is 10. The molecule has 0 aliphatic rings. The lowest BCUT2D eigenvalue weighted by atomic mass is 10.2. The summed E-state index contributed by atoms with van der Waals surface area (Å²) in [6.45, 7) is 7.23. The van der Waals surface area contributed by atoms with Crippen LogP contribution in [0.15, 0.2) is 0 Å². The Morgan fingerprint density at radius 2 is 1.71 bits per heavy atom. The molecule has 4 nitrogen and oxygen atoms in total. The summed E-state index contributed by atoms with van der Waals surface area (Å²) < 4.78 is 10.8. The van der Waals surface area contributed by atoms with Gasteiger partial charge in [-0.3, -0.25) is 11.3 Å². The van der Waals surface area contributed by atoms with Gasteiger partial charge in [0.15, 0.2) is 0 Å². The third kappa shape index (κ3) is 8.44. The second-order valence-electron chi connectivity index (χ2n) is 3.34. The fourth-order valence-electron chi connectivity index (χ4n) is 1.06. The average Bonchev–Trinajstić information content (AvgIpc) is 2.22. The molecule has 0 aromatic carbocycles. The van der Waals surface area contributed by atoms with Crippen LogP contribution in [0.25, 0.3) is 0 Å². The van der Waals surface area contributed by atoms with Crippen LogP contribution in [0.2, 0.25) is 0 Å². The molecule has 4 heteroatoms. The van der Waals surface area contributed by atoms with Crippen molar-refractivity contribution < 1.29 is 9.47 Å². The second kappa shape index (κ2) is 10.9. The van der Waals surface area contributed by atoms with Crippen molar-refractivity contribution in [3.63, 3.8) is 0 Å². The average molecular weight is 204 g/mol. The van der Waals surface area contributed by atoms with Crippen LogP contribution in [0.1, 0.15) is 33.1 Å². The zero-order valence-electron chi connectivity index (χ0n) is 9.42. The minimum absolute atomic E-state index is 0.207. The van der Waals surface area contributed by atoms with Gasteiger partial charge in [0, 0.05) is 25.9 Å².